The molecular formula is C20H30O2. The molecule has 0 heterocycles. The highest BCUT2D eigenvalue weighted by Crippen LogP contribution is 2.61. The third kappa shape index (κ3) is 2.14. The maximum atomic E-state index is 12.8. The lowest BCUT2D eigenvalue weighted by atomic mass is 9.45. The van der Waals surface area contributed by atoms with Crippen molar-refractivity contribution in [2.45, 2.75) is 66.4 Å². The Labute approximate surface area is 134 Å². The van der Waals surface area contributed by atoms with Crippen molar-refractivity contribution < 1.29 is 9.90 Å². The molecule has 4 atom stereocenters. The van der Waals surface area contributed by atoms with Crippen molar-refractivity contribution >= 4 is 5.78 Å². The minimum atomic E-state index is -0.283. The van der Waals surface area contributed by atoms with Crippen molar-refractivity contribution in [2.24, 2.45) is 28.6 Å². The van der Waals surface area contributed by atoms with Crippen LogP contribution >= 0.6 is 0 Å². The second-order valence-corrected chi connectivity index (χ2v) is 8.81. The minimum absolute atomic E-state index is 0.140. The summed E-state index contributed by atoms with van der Waals surface area (Å²) >= 11 is 0. The number of rotatable bonds is 1. The van der Waals surface area contributed by atoms with Crippen molar-refractivity contribution in [1.82, 2.24) is 0 Å². The number of hydrogen-bond donors (Lipinski definition) is 1. The molecule has 3 aliphatic carbocycles. The summed E-state index contributed by atoms with van der Waals surface area (Å²) in [6.45, 7) is 11.1. The first kappa shape index (κ1) is 16.0. The SMILES string of the molecule is CC(C)C1=CC[C@H]2C(=C1)C(=O)C[C@H]1C(C)(C)[C@@H](O)CC[C@]21C. The molecule has 2 nitrogen and oxygen atoms in total. The number of hydrogen-bond acceptors (Lipinski definition) is 2. The standard InChI is InChI=1S/C20H30O2/c1-12(2)13-6-7-15-14(10-13)16(21)11-17-19(3,4)18(22)8-9-20(15,17)5/h6,10,12,15,17-18,22H,7-9,11H2,1-5H3/t15-,17-,18-,20+/m0/s1. The van der Waals surface area contributed by atoms with Crippen molar-refractivity contribution in [2.75, 3.05) is 0 Å². The predicted molar refractivity (Wildman–Crippen MR) is 89.4 cm³/mol. The number of Topliss-reactive ketones (excluding diaryl/α,β-unsaturated/α-hetero) is 1. The van der Waals surface area contributed by atoms with E-state index in [0.717, 1.165) is 24.8 Å². The van der Waals surface area contributed by atoms with Crippen LogP contribution in [0.15, 0.2) is 23.3 Å². The van der Waals surface area contributed by atoms with E-state index in [1.54, 1.807) is 0 Å². The predicted octanol–water partition coefficient (Wildman–Crippen LogP) is 4.29. The molecule has 0 radical (unpaired) electrons. The Morgan fingerprint density at radius 1 is 1.27 bits per heavy atom. The van der Waals surface area contributed by atoms with Gasteiger partial charge in [0.2, 0.25) is 0 Å². The quantitative estimate of drug-likeness (QED) is 0.784. The Morgan fingerprint density at radius 3 is 2.59 bits per heavy atom. The molecule has 0 aromatic heterocycles. The summed E-state index contributed by atoms with van der Waals surface area (Å²) in [5.74, 6) is 1.43. The van der Waals surface area contributed by atoms with Gasteiger partial charge in [-0.05, 0) is 59.0 Å². The molecular weight excluding hydrogens is 272 g/mol. The zero-order valence-corrected chi connectivity index (χ0v) is 14.6. The first-order valence-electron chi connectivity index (χ1n) is 8.81. The van der Waals surface area contributed by atoms with Crippen molar-refractivity contribution in [1.29, 1.82) is 0 Å². The first-order chi connectivity index (χ1) is 10.2. The van der Waals surface area contributed by atoms with Gasteiger partial charge in [0.15, 0.2) is 5.78 Å². The Balaban J connectivity index is 2.01. The lowest BCUT2D eigenvalue weighted by Crippen LogP contribution is -2.56. The van der Waals surface area contributed by atoms with Crippen molar-refractivity contribution in [3.05, 3.63) is 23.3 Å². The van der Waals surface area contributed by atoms with Crippen LogP contribution in [0.3, 0.4) is 0 Å². The smallest absolute Gasteiger partial charge is 0.159 e. The molecule has 3 rings (SSSR count). The van der Waals surface area contributed by atoms with Crippen LogP contribution < -0.4 is 0 Å². The third-order valence-electron chi connectivity index (χ3n) is 6.97. The summed E-state index contributed by atoms with van der Waals surface area (Å²) in [7, 11) is 0. The van der Waals surface area contributed by atoms with Gasteiger partial charge < -0.3 is 5.11 Å². The number of aliphatic hydroxyl groups is 1. The lowest BCUT2D eigenvalue weighted by molar-refractivity contribution is -0.145. The zero-order valence-electron chi connectivity index (χ0n) is 14.6. The number of allylic oxidation sites excluding steroid dienone is 4. The van der Waals surface area contributed by atoms with E-state index in [1.165, 1.54) is 5.57 Å². The highest BCUT2D eigenvalue weighted by atomic mass is 16.3. The van der Waals surface area contributed by atoms with Crippen LogP contribution in [-0.2, 0) is 4.79 Å². The molecule has 0 bridgehead atoms. The second-order valence-electron chi connectivity index (χ2n) is 8.81. The minimum Gasteiger partial charge on any atom is -0.393 e. The molecule has 3 aliphatic rings. The maximum absolute atomic E-state index is 12.8. The summed E-state index contributed by atoms with van der Waals surface area (Å²) in [6, 6.07) is 0. The number of fused-ring (bicyclic) bond motifs is 3. The summed E-state index contributed by atoms with van der Waals surface area (Å²) in [5, 5.41) is 10.4. The van der Waals surface area contributed by atoms with E-state index in [4.69, 9.17) is 0 Å². The largest absolute Gasteiger partial charge is 0.393 e. The molecule has 2 heteroatoms. The number of carbonyl (C=O) groups is 1. The molecule has 2 fully saturated rings. The molecule has 1 N–H and O–H groups in total. The van der Waals surface area contributed by atoms with Gasteiger partial charge in [0, 0.05) is 6.42 Å². The Hall–Kier alpha value is -0.890. The fourth-order valence-electron chi connectivity index (χ4n) is 5.31. The Kier molecular flexibility index (Phi) is 3.67. The molecule has 22 heavy (non-hydrogen) atoms. The summed E-state index contributed by atoms with van der Waals surface area (Å²) in [5.41, 5.74) is 2.35. The van der Waals surface area contributed by atoms with Gasteiger partial charge in [-0.3, -0.25) is 4.79 Å². The van der Waals surface area contributed by atoms with E-state index in [2.05, 4.69) is 46.8 Å². The van der Waals surface area contributed by atoms with Crippen molar-refractivity contribution in [3.8, 4) is 0 Å². The van der Waals surface area contributed by atoms with Crippen LogP contribution in [0.25, 0.3) is 0 Å². The van der Waals surface area contributed by atoms with Crippen molar-refractivity contribution in [3.63, 3.8) is 0 Å². The molecule has 2 saturated carbocycles. The van der Waals surface area contributed by atoms with Gasteiger partial charge in [0.1, 0.15) is 0 Å². The topological polar surface area (TPSA) is 37.3 Å². The molecule has 0 spiro atoms. The van der Waals surface area contributed by atoms with E-state index in [1.807, 2.05) is 0 Å². The van der Waals surface area contributed by atoms with E-state index >= 15 is 0 Å². The van der Waals surface area contributed by atoms with Gasteiger partial charge in [-0.15, -0.1) is 0 Å². The molecule has 0 aliphatic heterocycles. The van der Waals surface area contributed by atoms with Crippen LogP contribution in [0, 0.1) is 28.6 Å². The zero-order chi connectivity index (χ0) is 16.3. The fourth-order valence-corrected chi connectivity index (χ4v) is 5.31. The summed E-state index contributed by atoms with van der Waals surface area (Å²) in [4.78, 5) is 12.8. The first-order valence-corrected chi connectivity index (χ1v) is 8.81. The molecule has 0 unspecified atom stereocenters. The van der Waals surface area contributed by atoms with Crippen LogP contribution in [0.5, 0.6) is 0 Å². The summed E-state index contributed by atoms with van der Waals surface area (Å²) in [6.07, 6.45) is 7.73. The number of carbonyl (C=O) groups excluding carboxylic acids is 1. The van der Waals surface area contributed by atoms with Crippen LogP contribution in [0.4, 0.5) is 0 Å². The summed E-state index contributed by atoms with van der Waals surface area (Å²) < 4.78 is 0. The van der Waals surface area contributed by atoms with E-state index < -0.39 is 0 Å². The average Bonchev–Trinajstić information content (AvgIpc) is 2.46. The maximum Gasteiger partial charge on any atom is 0.159 e. The molecule has 0 amide bonds. The van der Waals surface area contributed by atoms with Gasteiger partial charge in [-0.2, -0.15) is 0 Å². The van der Waals surface area contributed by atoms with Gasteiger partial charge in [0.25, 0.3) is 0 Å². The van der Waals surface area contributed by atoms with Gasteiger partial charge in [-0.25, -0.2) is 0 Å². The van der Waals surface area contributed by atoms with E-state index in [0.29, 0.717) is 24.0 Å². The van der Waals surface area contributed by atoms with E-state index in [9.17, 15) is 9.90 Å². The Bertz CT molecular complexity index is 552. The van der Waals surface area contributed by atoms with Crippen LogP contribution in [0.1, 0.15) is 60.3 Å². The second kappa shape index (κ2) is 5.06. The normalized spacial score (nSPS) is 40.7. The van der Waals surface area contributed by atoms with Crippen LogP contribution in [-0.4, -0.2) is 17.0 Å². The van der Waals surface area contributed by atoms with Gasteiger partial charge in [-0.1, -0.05) is 46.8 Å². The van der Waals surface area contributed by atoms with Crippen LogP contribution in [0.2, 0.25) is 0 Å². The monoisotopic (exact) mass is 302 g/mol. The third-order valence-corrected chi connectivity index (χ3v) is 6.97. The van der Waals surface area contributed by atoms with E-state index in [-0.39, 0.29) is 22.9 Å². The molecule has 0 saturated heterocycles. The number of ketones is 1. The highest BCUT2D eigenvalue weighted by molar-refractivity contribution is 5.98. The van der Waals surface area contributed by atoms with Gasteiger partial charge >= 0.3 is 0 Å². The average molecular weight is 302 g/mol. The molecule has 122 valence electrons. The number of aliphatic hydroxyl groups excluding tert-OH is 1. The Morgan fingerprint density at radius 2 is 1.95 bits per heavy atom. The molecule has 0 aromatic carbocycles. The highest BCUT2D eigenvalue weighted by Gasteiger charge is 2.58. The lowest BCUT2D eigenvalue weighted by Gasteiger charge is -2.59. The molecule has 0 aromatic rings. The van der Waals surface area contributed by atoms with Gasteiger partial charge in [0.05, 0.1) is 6.10 Å². The fraction of sp³-hybridized carbons (Fsp3) is 0.750.